The number of fused-ring (bicyclic) bond motifs is 1. The van der Waals surface area contributed by atoms with Crippen molar-refractivity contribution < 1.29 is 9.90 Å². The third-order valence-electron chi connectivity index (χ3n) is 4.01. The maximum Gasteiger partial charge on any atom is 0.335 e. The molecule has 0 spiro atoms. The molecule has 1 aliphatic rings. The first-order valence-corrected chi connectivity index (χ1v) is 6.96. The van der Waals surface area contributed by atoms with Gasteiger partial charge in [-0.2, -0.15) is 0 Å². The molecule has 0 amide bonds. The van der Waals surface area contributed by atoms with Gasteiger partial charge in [-0.25, -0.2) is 9.48 Å². The lowest BCUT2D eigenvalue weighted by molar-refractivity contribution is 0.0697. The van der Waals surface area contributed by atoms with Gasteiger partial charge in [0.05, 0.1) is 11.1 Å². The molecule has 1 aromatic heterocycles. The van der Waals surface area contributed by atoms with Crippen LogP contribution in [-0.4, -0.2) is 50.6 Å². The van der Waals surface area contributed by atoms with Crippen molar-refractivity contribution in [3.8, 4) is 0 Å². The van der Waals surface area contributed by atoms with E-state index in [1.165, 1.54) is 6.42 Å². The first-order chi connectivity index (χ1) is 9.67. The number of carboxylic acid groups (broad SMARTS) is 1. The molecule has 20 heavy (non-hydrogen) atoms. The van der Waals surface area contributed by atoms with E-state index in [2.05, 4.69) is 22.1 Å². The van der Waals surface area contributed by atoms with Crippen LogP contribution in [0.25, 0.3) is 11.0 Å². The molecule has 2 aromatic rings. The molecule has 1 saturated heterocycles. The number of aromatic nitrogens is 3. The number of nitrogens with zero attached hydrogens (tertiary/aromatic N) is 4. The second kappa shape index (κ2) is 5.20. The van der Waals surface area contributed by atoms with Crippen LogP contribution in [0.15, 0.2) is 18.2 Å². The van der Waals surface area contributed by atoms with Crippen LogP contribution in [0.4, 0.5) is 0 Å². The SMILES string of the molecule is CCN1CCC(Cn2nnc3cc(C(=O)O)ccc32)C1. The summed E-state index contributed by atoms with van der Waals surface area (Å²) in [6, 6.07) is 4.98. The average Bonchev–Trinajstić information content (AvgIpc) is 3.06. The highest BCUT2D eigenvalue weighted by atomic mass is 16.4. The van der Waals surface area contributed by atoms with Gasteiger partial charge < -0.3 is 10.0 Å². The van der Waals surface area contributed by atoms with Crippen LogP contribution in [0.5, 0.6) is 0 Å². The normalized spacial score (nSPS) is 19.8. The van der Waals surface area contributed by atoms with Gasteiger partial charge in [0.1, 0.15) is 5.52 Å². The summed E-state index contributed by atoms with van der Waals surface area (Å²) >= 11 is 0. The predicted molar refractivity (Wildman–Crippen MR) is 74.7 cm³/mol. The number of carboxylic acids is 1. The summed E-state index contributed by atoms with van der Waals surface area (Å²) in [5.74, 6) is -0.338. The molecular formula is C14H18N4O2. The van der Waals surface area contributed by atoms with E-state index in [0.717, 1.165) is 31.7 Å². The van der Waals surface area contributed by atoms with Crippen molar-refractivity contribution in [1.82, 2.24) is 19.9 Å². The first kappa shape index (κ1) is 13.1. The molecule has 1 unspecified atom stereocenters. The van der Waals surface area contributed by atoms with Gasteiger partial charge in [-0.15, -0.1) is 5.10 Å². The van der Waals surface area contributed by atoms with E-state index in [4.69, 9.17) is 5.11 Å². The third kappa shape index (κ3) is 2.38. The zero-order chi connectivity index (χ0) is 14.1. The zero-order valence-electron chi connectivity index (χ0n) is 11.5. The molecule has 0 saturated carbocycles. The fourth-order valence-corrected chi connectivity index (χ4v) is 2.83. The standard InChI is InChI=1S/C14H18N4O2/c1-2-17-6-5-10(8-17)9-18-13-4-3-11(14(19)20)7-12(13)15-16-18/h3-4,7,10H,2,5-6,8-9H2,1H3,(H,19,20). The molecular weight excluding hydrogens is 256 g/mol. The van der Waals surface area contributed by atoms with Crippen molar-refractivity contribution in [3.63, 3.8) is 0 Å². The molecule has 0 radical (unpaired) electrons. The second-order valence-electron chi connectivity index (χ2n) is 5.33. The van der Waals surface area contributed by atoms with Gasteiger partial charge in [0.25, 0.3) is 0 Å². The topological polar surface area (TPSA) is 71.2 Å². The number of aromatic carboxylic acids is 1. The number of likely N-dealkylation sites (tertiary alicyclic amines) is 1. The number of benzene rings is 1. The van der Waals surface area contributed by atoms with Crippen molar-refractivity contribution in [2.45, 2.75) is 19.9 Å². The molecule has 2 heterocycles. The van der Waals surface area contributed by atoms with E-state index in [1.54, 1.807) is 18.2 Å². The molecule has 3 rings (SSSR count). The summed E-state index contributed by atoms with van der Waals surface area (Å²) < 4.78 is 1.89. The van der Waals surface area contributed by atoms with E-state index in [1.807, 2.05) is 4.68 Å². The van der Waals surface area contributed by atoms with E-state index < -0.39 is 5.97 Å². The summed E-state index contributed by atoms with van der Waals surface area (Å²) in [5, 5.41) is 17.2. The van der Waals surface area contributed by atoms with Crippen molar-refractivity contribution in [1.29, 1.82) is 0 Å². The van der Waals surface area contributed by atoms with Crippen molar-refractivity contribution in [3.05, 3.63) is 23.8 Å². The summed E-state index contributed by atoms with van der Waals surface area (Å²) in [6.45, 7) is 6.37. The van der Waals surface area contributed by atoms with Gasteiger partial charge in [-0.05, 0) is 43.6 Å². The molecule has 6 nitrogen and oxygen atoms in total. The first-order valence-electron chi connectivity index (χ1n) is 6.96. The van der Waals surface area contributed by atoms with E-state index in [-0.39, 0.29) is 5.56 Å². The highest BCUT2D eigenvalue weighted by molar-refractivity contribution is 5.92. The fraction of sp³-hybridized carbons (Fsp3) is 0.500. The molecule has 1 N–H and O–H groups in total. The van der Waals surface area contributed by atoms with Crippen LogP contribution in [0.2, 0.25) is 0 Å². The Bertz CT molecular complexity index is 637. The predicted octanol–water partition coefficient (Wildman–Crippen LogP) is 1.47. The van der Waals surface area contributed by atoms with Crippen LogP contribution in [-0.2, 0) is 6.54 Å². The fourth-order valence-electron chi connectivity index (χ4n) is 2.83. The quantitative estimate of drug-likeness (QED) is 0.914. The highest BCUT2D eigenvalue weighted by Gasteiger charge is 2.22. The number of hydrogen-bond donors (Lipinski definition) is 1. The van der Waals surface area contributed by atoms with Gasteiger partial charge in [0.2, 0.25) is 0 Å². The van der Waals surface area contributed by atoms with Gasteiger partial charge in [-0.1, -0.05) is 12.1 Å². The number of carbonyl (C=O) groups is 1. The lowest BCUT2D eigenvalue weighted by atomic mass is 10.1. The minimum absolute atomic E-state index is 0.252. The minimum Gasteiger partial charge on any atom is -0.478 e. The Morgan fingerprint density at radius 1 is 1.50 bits per heavy atom. The summed E-state index contributed by atoms with van der Waals surface area (Å²) in [4.78, 5) is 13.4. The number of rotatable bonds is 4. The van der Waals surface area contributed by atoms with Crippen molar-refractivity contribution in [2.75, 3.05) is 19.6 Å². The Labute approximate surface area is 117 Å². The van der Waals surface area contributed by atoms with Crippen LogP contribution in [0, 0.1) is 5.92 Å². The van der Waals surface area contributed by atoms with Gasteiger partial charge in [0.15, 0.2) is 0 Å². The Balaban J connectivity index is 1.81. The molecule has 1 fully saturated rings. The van der Waals surface area contributed by atoms with Crippen LogP contribution >= 0.6 is 0 Å². The summed E-state index contributed by atoms with van der Waals surface area (Å²) in [5.41, 5.74) is 1.81. The maximum atomic E-state index is 10.9. The molecule has 0 aliphatic carbocycles. The van der Waals surface area contributed by atoms with Crippen LogP contribution < -0.4 is 0 Å². The van der Waals surface area contributed by atoms with Crippen LogP contribution in [0.1, 0.15) is 23.7 Å². The lowest BCUT2D eigenvalue weighted by Crippen LogP contribution is -2.21. The Kier molecular flexibility index (Phi) is 3.40. The maximum absolute atomic E-state index is 10.9. The minimum atomic E-state index is -0.934. The zero-order valence-corrected chi connectivity index (χ0v) is 11.5. The molecule has 6 heteroatoms. The highest BCUT2D eigenvalue weighted by Crippen LogP contribution is 2.20. The molecule has 1 atom stereocenters. The van der Waals surface area contributed by atoms with Crippen molar-refractivity contribution in [2.24, 2.45) is 5.92 Å². The molecule has 106 valence electrons. The van der Waals surface area contributed by atoms with Gasteiger partial charge in [0, 0.05) is 13.1 Å². The summed E-state index contributed by atoms with van der Waals surface area (Å²) in [6.07, 6.45) is 1.18. The average molecular weight is 274 g/mol. The van der Waals surface area contributed by atoms with Crippen LogP contribution in [0.3, 0.4) is 0 Å². The van der Waals surface area contributed by atoms with Crippen molar-refractivity contribution >= 4 is 17.0 Å². The largest absolute Gasteiger partial charge is 0.478 e. The van der Waals surface area contributed by atoms with E-state index in [9.17, 15) is 4.79 Å². The molecule has 0 bridgehead atoms. The smallest absolute Gasteiger partial charge is 0.335 e. The molecule has 1 aliphatic heterocycles. The lowest BCUT2D eigenvalue weighted by Gasteiger charge is -2.13. The molecule has 1 aromatic carbocycles. The third-order valence-corrected chi connectivity index (χ3v) is 4.01. The number of hydrogen-bond acceptors (Lipinski definition) is 4. The van der Waals surface area contributed by atoms with E-state index in [0.29, 0.717) is 11.4 Å². The monoisotopic (exact) mass is 274 g/mol. The Morgan fingerprint density at radius 2 is 2.35 bits per heavy atom. The van der Waals surface area contributed by atoms with Gasteiger partial charge >= 0.3 is 5.97 Å². The Hall–Kier alpha value is -1.95. The van der Waals surface area contributed by atoms with E-state index >= 15 is 0 Å². The second-order valence-corrected chi connectivity index (χ2v) is 5.33. The Morgan fingerprint density at radius 3 is 3.05 bits per heavy atom. The summed E-state index contributed by atoms with van der Waals surface area (Å²) in [7, 11) is 0. The van der Waals surface area contributed by atoms with Gasteiger partial charge in [-0.3, -0.25) is 0 Å².